The van der Waals surface area contributed by atoms with Crippen LogP contribution in [0.3, 0.4) is 0 Å². The van der Waals surface area contributed by atoms with Crippen molar-refractivity contribution in [1.82, 2.24) is 14.5 Å². The number of aromatic nitrogens is 2. The van der Waals surface area contributed by atoms with Crippen molar-refractivity contribution in [3.63, 3.8) is 0 Å². The molecule has 2 heterocycles. The van der Waals surface area contributed by atoms with Crippen LogP contribution in [-0.4, -0.2) is 58.1 Å². The Bertz CT molecular complexity index is 925. The zero-order valence-electron chi connectivity index (χ0n) is 16.5. The van der Waals surface area contributed by atoms with E-state index in [1.807, 2.05) is 50.4 Å². The van der Waals surface area contributed by atoms with E-state index in [9.17, 15) is 13.2 Å². The third kappa shape index (κ3) is 4.43. The number of nitrogens with zero attached hydrogens (tertiary/aromatic N) is 3. The predicted molar refractivity (Wildman–Crippen MR) is 113 cm³/mol. The second kappa shape index (κ2) is 8.69. The molecule has 0 N–H and O–H groups in total. The molecule has 1 aliphatic rings. The number of hydrogen-bond donors (Lipinski definition) is 0. The molecule has 1 amide bonds. The van der Waals surface area contributed by atoms with Crippen molar-refractivity contribution in [2.75, 3.05) is 18.1 Å². The normalized spacial score (nSPS) is 19.5. The van der Waals surface area contributed by atoms with Gasteiger partial charge in [0.25, 0.3) is 0 Å². The fourth-order valence-corrected chi connectivity index (χ4v) is 6.41. The lowest BCUT2D eigenvalue weighted by Gasteiger charge is -2.29. The van der Waals surface area contributed by atoms with E-state index in [2.05, 4.69) is 16.5 Å². The lowest BCUT2D eigenvalue weighted by molar-refractivity contribution is -0.131. The first kappa shape index (κ1) is 20.9. The second-order valence-electron chi connectivity index (χ2n) is 6.98. The van der Waals surface area contributed by atoms with Crippen LogP contribution in [0, 0.1) is 0 Å². The van der Waals surface area contributed by atoms with Gasteiger partial charge in [0, 0.05) is 19.1 Å². The van der Waals surface area contributed by atoms with Gasteiger partial charge in [0.15, 0.2) is 15.0 Å². The molecule has 0 saturated carbocycles. The van der Waals surface area contributed by atoms with Gasteiger partial charge < -0.3 is 9.47 Å². The van der Waals surface area contributed by atoms with E-state index in [1.165, 1.54) is 11.8 Å². The Labute approximate surface area is 171 Å². The predicted octanol–water partition coefficient (Wildman–Crippen LogP) is 3.09. The van der Waals surface area contributed by atoms with Gasteiger partial charge in [0.2, 0.25) is 5.91 Å². The van der Waals surface area contributed by atoms with E-state index < -0.39 is 9.84 Å². The summed E-state index contributed by atoms with van der Waals surface area (Å²) < 4.78 is 25.7. The van der Waals surface area contributed by atoms with Gasteiger partial charge >= 0.3 is 0 Å². The van der Waals surface area contributed by atoms with Gasteiger partial charge in [-0.05, 0) is 32.8 Å². The number of amides is 1. The standard InChI is InChI=1S/C20H27N3O3S2/c1-4-22(17-11-12-28(25,26)14-17)19(24)15(3)27-20-21-13-18(23(20)5-2)16-9-7-6-8-10-16/h6-10,13,15,17H,4-5,11-12,14H2,1-3H3. The van der Waals surface area contributed by atoms with E-state index in [0.29, 0.717) is 13.0 Å². The van der Waals surface area contributed by atoms with Gasteiger partial charge in [-0.3, -0.25) is 4.79 Å². The number of rotatable bonds is 7. The highest BCUT2D eigenvalue weighted by atomic mass is 32.2. The number of hydrogen-bond acceptors (Lipinski definition) is 5. The third-order valence-corrected chi connectivity index (χ3v) is 7.95. The van der Waals surface area contributed by atoms with E-state index in [4.69, 9.17) is 0 Å². The quantitative estimate of drug-likeness (QED) is 0.643. The minimum Gasteiger partial charge on any atom is -0.338 e. The van der Waals surface area contributed by atoms with Crippen LogP contribution in [0.15, 0.2) is 41.7 Å². The average molecular weight is 422 g/mol. The van der Waals surface area contributed by atoms with Crippen molar-refractivity contribution < 1.29 is 13.2 Å². The molecule has 1 aromatic heterocycles. The summed E-state index contributed by atoms with van der Waals surface area (Å²) in [5.41, 5.74) is 2.12. The average Bonchev–Trinajstić information content (AvgIpc) is 3.25. The Morgan fingerprint density at radius 2 is 2.04 bits per heavy atom. The first-order valence-electron chi connectivity index (χ1n) is 9.64. The van der Waals surface area contributed by atoms with Crippen LogP contribution in [0.4, 0.5) is 0 Å². The molecule has 0 bridgehead atoms. The van der Waals surface area contributed by atoms with Crippen molar-refractivity contribution in [3.8, 4) is 11.3 Å². The van der Waals surface area contributed by atoms with Crippen LogP contribution in [-0.2, 0) is 21.2 Å². The number of imidazole rings is 1. The van der Waals surface area contributed by atoms with Crippen molar-refractivity contribution >= 4 is 27.5 Å². The largest absolute Gasteiger partial charge is 0.338 e. The minimum atomic E-state index is -3.02. The molecule has 2 atom stereocenters. The molecule has 1 aliphatic heterocycles. The summed E-state index contributed by atoms with van der Waals surface area (Å²) in [6, 6.07) is 9.86. The molecule has 28 heavy (non-hydrogen) atoms. The fraction of sp³-hybridized carbons (Fsp3) is 0.500. The molecular weight excluding hydrogens is 394 g/mol. The van der Waals surface area contributed by atoms with E-state index >= 15 is 0 Å². The Balaban J connectivity index is 1.76. The number of benzene rings is 1. The number of thioether (sulfide) groups is 1. The molecule has 6 nitrogen and oxygen atoms in total. The lowest BCUT2D eigenvalue weighted by atomic mass is 10.2. The lowest BCUT2D eigenvalue weighted by Crippen LogP contribution is -2.44. The highest BCUT2D eigenvalue weighted by Crippen LogP contribution is 2.30. The molecule has 2 aromatic rings. The van der Waals surface area contributed by atoms with Crippen molar-refractivity contribution in [1.29, 1.82) is 0 Å². The fourth-order valence-electron chi connectivity index (χ4n) is 3.65. The minimum absolute atomic E-state index is 0.0264. The monoisotopic (exact) mass is 421 g/mol. The molecule has 0 aliphatic carbocycles. The summed E-state index contributed by atoms with van der Waals surface area (Å²) in [6.45, 7) is 7.11. The van der Waals surface area contributed by atoms with Crippen LogP contribution in [0.25, 0.3) is 11.3 Å². The Kier molecular flexibility index (Phi) is 6.50. The molecule has 1 fully saturated rings. The number of carbonyl (C=O) groups is 1. The molecule has 152 valence electrons. The van der Waals surface area contributed by atoms with Gasteiger partial charge in [-0.25, -0.2) is 13.4 Å². The van der Waals surface area contributed by atoms with Gasteiger partial charge in [0.05, 0.1) is 28.6 Å². The molecule has 0 radical (unpaired) electrons. The molecule has 2 unspecified atom stereocenters. The highest BCUT2D eigenvalue weighted by Gasteiger charge is 2.35. The summed E-state index contributed by atoms with van der Waals surface area (Å²) in [4.78, 5) is 19.3. The summed E-state index contributed by atoms with van der Waals surface area (Å²) in [7, 11) is -3.02. The number of carbonyl (C=O) groups excluding carboxylic acids is 1. The van der Waals surface area contributed by atoms with Crippen LogP contribution >= 0.6 is 11.8 Å². The first-order chi connectivity index (χ1) is 13.4. The molecule has 1 saturated heterocycles. The Hall–Kier alpha value is -1.80. The molecule has 3 rings (SSSR count). The molecular formula is C20H27N3O3S2. The van der Waals surface area contributed by atoms with Crippen LogP contribution in [0.5, 0.6) is 0 Å². The topological polar surface area (TPSA) is 72.3 Å². The maximum absolute atomic E-state index is 13.0. The van der Waals surface area contributed by atoms with Crippen LogP contribution in [0.1, 0.15) is 27.2 Å². The smallest absolute Gasteiger partial charge is 0.236 e. The maximum atomic E-state index is 13.0. The van der Waals surface area contributed by atoms with Crippen molar-refractivity contribution in [3.05, 3.63) is 36.5 Å². The summed E-state index contributed by atoms with van der Waals surface area (Å²) in [6.07, 6.45) is 2.38. The van der Waals surface area contributed by atoms with Crippen molar-refractivity contribution in [2.24, 2.45) is 0 Å². The van der Waals surface area contributed by atoms with Crippen LogP contribution < -0.4 is 0 Å². The Morgan fingerprint density at radius 1 is 1.32 bits per heavy atom. The summed E-state index contributed by atoms with van der Waals surface area (Å²) >= 11 is 1.43. The van der Waals surface area contributed by atoms with E-state index in [0.717, 1.165) is 23.0 Å². The molecule has 0 spiro atoms. The van der Waals surface area contributed by atoms with Gasteiger partial charge in [-0.2, -0.15) is 0 Å². The van der Waals surface area contributed by atoms with E-state index in [-0.39, 0.29) is 28.7 Å². The molecule has 1 aromatic carbocycles. The van der Waals surface area contributed by atoms with E-state index in [1.54, 1.807) is 4.90 Å². The van der Waals surface area contributed by atoms with Crippen molar-refractivity contribution in [2.45, 2.75) is 50.2 Å². The van der Waals surface area contributed by atoms with Gasteiger partial charge in [0.1, 0.15) is 0 Å². The summed E-state index contributed by atoms with van der Waals surface area (Å²) in [5.74, 6) is 0.219. The number of sulfone groups is 1. The van der Waals surface area contributed by atoms with Gasteiger partial charge in [-0.1, -0.05) is 42.1 Å². The maximum Gasteiger partial charge on any atom is 0.236 e. The third-order valence-electron chi connectivity index (χ3n) is 5.11. The zero-order valence-corrected chi connectivity index (χ0v) is 18.2. The highest BCUT2D eigenvalue weighted by molar-refractivity contribution is 8.00. The second-order valence-corrected chi connectivity index (χ2v) is 10.5. The zero-order chi connectivity index (χ0) is 20.3. The SMILES string of the molecule is CCN(C(=O)C(C)Sc1ncc(-c2ccccc2)n1CC)C1CCS(=O)(=O)C1. The molecule has 8 heteroatoms. The summed E-state index contributed by atoms with van der Waals surface area (Å²) in [5, 5.41) is 0.469. The van der Waals surface area contributed by atoms with Gasteiger partial charge in [-0.15, -0.1) is 0 Å². The first-order valence-corrected chi connectivity index (χ1v) is 12.3. The van der Waals surface area contributed by atoms with Crippen LogP contribution in [0.2, 0.25) is 0 Å². The Morgan fingerprint density at radius 3 is 2.61 bits per heavy atom.